The highest BCUT2D eigenvalue weighted by molar-refractivity contribution is 5.80. The summed E-state index contributed by atoms with van der Waals surface area (Å²) in [7, 11) is 0. The standard InChI is InChI=1S/C19H37N5O/c1-4-20-19(24-15-13-23(14-16-24)18(3)25)21-9-5-6-10-22-11-7-17(2)8-12-22/h17H,4-16H2,1-3H3,(H,20,21). The molecule has 2 rings (SSSR count). The van der Waals surface area contributed by atoms with Crippen molar-refractivity contribution in [1.29, 1.82) is 0 Å². The third-order valence-electron chi connectivity index (χ3n) is 5.38. The third-order valence-corrected chi connectivity index (χ3v) is 5.38. The zero-order valence-corrected chi connectivity index (χ0v) is 16.5. The second-order valence-corrected chi connectivity index (χ2v) is 7.46. The summed E-state index contributed by atoms with van der Waals surface area (Å²) in [6, 6.07) is 0. The van der Waals surface area contributed by atoms with Crippen LogP contribution in [0.3, 0.4) is 0 Å². The van der Waals surface area contributed by atoms with E-state index in [4.69, 9.17) is 4.99 Å². The van der Waals surface area contributed by atoms with E-state index in [9.17, 15) is 4.79 Å². The normalized spacial score (nSPS) is 20.8. The number of hydrogen-bond donors (Lipinski definition) is 1. The topological polar surface area (TPSA) is 51.2 Å². The van der Waals surface area contributed by atoms with E-state index in [0.29, 0.717) is 0 Å². The van der Waals surface area contributed by atoms with Gasteiger partial charge < -0.3 is 20.0 Å². The highest BCUT2D eigenvalue weighted by Gasteiger charge is 2.20. The molecule has 0 radical (unpaired) electrons. The molecule has 0 saturated carbocycles. The summed E-state index contributed by atoms with van der Waals surface area (Å²) >= 11 is 0. The van der Waals surface area contributed by atoms with E-state index in [1.807, 2.05) is 4.90 Å². The number of carbonyl (C=O) groups is 1. The largest absolute Gasteiger partial charge is 0.357 e. The van der Waals surface area contributed by atoms with Crippen molar-refractivity contribution >= 4 is 11.9 Å². The summed E-state index contributed by atoms with van der Waals surface area (Å²) in [5, 5.41) is 3.40. The minimum Gasteiger partial charge on any atom is -0.357 e. The molecular formula is C19H37N5O. The SMILES string of the molecule is CCNC(=NCCCCN1CCC(C)CC1)N1CCN(C(C)=O)CC1. The molecule has 6 nitrogen and oxygen atoms in total. The Morgan fingerprint density at radius 1 is 1.04 bits per heavy atom. The van der Waals surface area contributed by atoms with Gasteiger partial charge in [0.2, 0.25) is 5.91 Å². The maximum atomic E-state index is 11.5. The average molecular weight is 352 g/mol. The number of carbonyl (C=O) groups excluding carboxylic acids is 1. The van der Waals surface area contributed by atoms with Crippen molar-refractivity contribution < 1.29 is 4.79 Å². The second-order valence-electron chi connectivity index (χ2n) is 7.46. The predicted molar refractivity (Wildman–Crippen MR) is 104 cm³/mol. The Bertz CT molecular complexity index is 424. The number of amides is 1. The monoisotopic (exact) mass is 351 g/mol. The van der Waals surface area contributed by atoms with E-state index >= 15 is 0 Å². The average Bonchev–Trinajstić information content (AvgIpc) is 2.62. The molecule has 0 aliphatic carbocycles. The molecule has 144 valence electrons. The fourth-order valence-electron chi connectivity index (χ4n) is 3.58. The molecule has 2 heterocycles. The first-order valence-corrected chi connectivity index (χ1v) is 10.1. The molecular weight excluding hydrogens is 314 g/mol. The van der Waals surface area contributed by atoms with Crippen LogP contribution in [-0.2, 0) is 4.79 Å². The molecule has 0 aromatic carbocycles. The molecule has 2 fully saturated rings. The number of aliphatic imine (C=N–C) groups is 1. The summed E-state index contributed by atoms with van der Waals surface area (Å²) in [6.07, 6.45) is 5.09. The summed E-state index contributed by atoms with van der Waals surface area (Å²) < 4.78 is 0. The highest BCUT2D eigenvalue weighted by atomic mass is 16.2. The molecule has 2 saturated heterocycles. The molecule has 0 aromatic heterocycles. The van der Waals surface area contributed by atoms with Crippen LogP contribution in [0.25, 0.3) is 0 Å². The van der Waals surface area contributed by atoms with Gasteiger partial charge in [-0.05, 0) is 58.2 Å². The summed E-state index contributed by atoms with van der Waals surface area (Å²) in [6.45, 7) is 15.0. The van der Waals surface area contributed by atoms with E-state index in [2.05, 4.69) is 29.0 Å². The van der Waals surface area contributed by atoms with E-state index in [0.717, 1.165) is 57.6 Å². The van der Waals surface area contributed by atoms with Crippen LogP contribution in [-0.4, -0.2) is 85.5 Å². The first-order valence-electron chi connectivity index (χ1n) is 10.1. The molecule has 1 amide bonds. The van der Waals surface area contributed by atoms with Gasteiger partial charge >= 0.3 is 0 Å². The lowest BCUT2D eigenvalue weighted by atomic mass is 9.99. The van der Waals surface area contributed by atoms with Crippen molar-refractivity contribution in [3.8, 4) is 0 Å². The fourth-order valence-corrected chi connectivity index (χ4v) is 3.58. The van der Waals surface area contributed by atoms with Crippen molar-refractivity contribution in [3.63, 3.8) is 0 Å². The van der Waals surface area contributed by atoms with Crippen molar-refractivity contribution in [2.24, 2.45) is 10.9 Å². The second kappa shape index (κ2) is 10.6. The van der Waals surface area contributed by atoms with E-state index in [-0.39, 0.29) is 5.91 Å². The van der Waals surface area contributed by atoms with Crippen molar-refractivity contribution in [2.75, 3.05) is 58.9 Å². The number of nitrogens with zero attached hydrogens (tertiary/aromatic N) is 4. The van der Waals surface area contributed by atoms with Gasteiger partial charge in [-0.15, -0.1) is 0 Å². The minimum atomic E-state index is 0.175. The Balaban J connectivity index is 1.68. The zero-order chi connectivity index (χ0) is 18.1. The Labute approximate surface area is 153 Å². The van der Waals surface area contributed by atoms with Gasteiger partial charge in [-0.1, -0.05) is 6.92 Å². The molecule has 0 spiro atoms. The van der Waals surface area contributed by atoms with Gasteiger partial charge in [-0.2, -0.15) is 0 Å². The first-order chi connectivity index (χ1) is 12.1. The number of unbranched alkanes of at least 4 members (excludes halogenated alkanes) is 1. The lowest BCUT2D eigenvalue weighted by molar-refractivity contribution is -0.130. The lowest BCUT2D eigenvalue weighted by Crippen LogP contribution is -2.53. The molecule has 25 heavy (non-hydrogen) atoms. The summed E-state index contributed by atoms with van der Waals surface area (Å²) in [5.74, 6) is 2.10. The number of piperidine rings is 1. The smallest absolute Gasteiger partial charge is 0.219 e. The van der Waals surface area contributed by atoms with Crippen molar-refractivity contribution in [2.45, 2.75) is 46.5 Å². The van der Waals surface area contributed by atoms with Crippen LogP contribution >= 0.6 is 0 Å². The predicted octanol–water partition coefficient (Wildman–Crippen LogP) is 1.63. The Morgan fingerprint density at radius 2 is 1.68 bits per heavy atom. The van der Waals surface area contributed by atoms with Crippen LogP contribution in [0.2, 0.25) is 0 Å². The van der Waals surface area contributed by atoms with Gasteiger partial charge in [0.25, 0.3) is 0 Å². The van der Waals surface area contributed by atoms with Crippen molar-refractivity contribution in [1.82, 2.24) is 20.0 Å². The zero-order valence-electron chi connectivity index (χ0n) is 16.5. The van der Waals surface area contributed by atoms with E-state index < -0.39 is 0 Å². The summed E-state index contributed by atoms with van der Waals surface area (Å²) in [5.41, 5.74) is 0. The van der Waals surface area contributed by atoms with E-state index in [1.165, 1.54) is 38.9 Å². The maximum Gasteiger partial charge on any atom is 0.219 e. The van der Waals surface area contributed by atoms with Crippen LogP contribution in [0, 0.1) is 5.92 Å². The van der Waals surface area contributed by atoms with Gasteiger partial charge in [-0.25, -0.2) is 0 Å². The van der Waals surface area contributed by atoms with Gasteiger partial charge in [0.15, 0.2) is 5.96 Å². The molecule has 6 heteroatoms. The number of rotatable bonds is 6. The number of guanidine groups is 1. The quantitative estimate of drug-likeness (QED) is 0.449. The molecule has 1 N–H and O–H groups in total. The van der Waals surface area contributed by atoms with Crippen molar-refractivity contribution in [3.05, 3.63) is 0 Å². The van der Waals surface area contributed by atoms with Crippen LogP contribution in [0.4, 0.5) is 0 Å². The van der Waals surface area contributed by atoms with E-state index in [1.54, 1.807) is 6.92 Å². The first kappa shape index (κ1) is 20.0. The van der Waals surface area contributed by atoms with Crippen LogP contribution in [0.1, 0.15) is 46.5 Å². The molecule has 2 aliphatic rings. The number of piperazine rings is 1. The minimum absolute atomic E-state index is 0.175. The number of likely N-dealkylation sites (tertiary alicyclic amines) is 1. The van der Waals surface area contributed by atoms with Gasteiger partial charge in [-0.3, -0.25) is 9.79 Å². The number of hydrogen-bond acceptors (Lipinski definition) is 3. The molecule has 0 atom stereocenters. The summed E-state index contributed by atoms with van der Waals surface area (Å²) in [4.78, 5) is 23.1. The number of nitrogens with one attached hydrogen (secondary N) is 1. The fraction of sp³-hybridized carbons (Fsp3) is 0.895. The highest BCUT2D eigenvalue weighted by Crippen LogP contribution is 2.16. The molecule has 2 aliphatic heterocycles. The van der Waals surface area contributed by atoms with Crippen LogP contribution < -0.4 is 5.32 Å². The van der Waals surface area contributed by atoms with Gasteiger partial charge in [0, 0.05) is 46.2 Å². The van der Waals surface area contributed by atoms with Gasteiger partial charge in [0.1, 0.15) is 0 Å². The maximum absolute atomic E-state index is 11.5. The molecule has 0 unspecified atom stereocenters. The van der Waals surface area contributed by atoms with Crippen LogP contribution in [0.15, 0.2) is 4.99 Å². The molecule has 0 aromatic rings. The molecule has 0 bridgehead atoms. The van der Waals surface area contributed by atoms with Gasteiger partial charge in [0.05, 0.1) is 0 Å². The Hall–Kier alpha value is -1.30. The third kappa shape index (κ3) is 6.84. The lowest BCUT2D eigenvalue weighted by Gasteiger charge is -2.36. The van der Waals surface area contributed by atoms with Crippen LogP contribution in [0.5, 0.6) is 0 Å². The Kier molecular flexibility index (Phi) is 8.52. The Morgan fingerprint density at radius 3 is 2.28 bits per heavy atom.